The van der Waals surface area contributed by atoms with Crippen LogP contribution in [0.15, 0.2) is 0 Å². The number of hydrogen-bond acceptors (Lipinski definition) is 2. The molecule has 0 aromatic rings. The quantitative estimate of drug-likeness (QED) is 0.794. The first-order valence-electron chi connectivity index (χ1n) is 9.03. The van der Waals surface area contributed by atoms with Crippen molar-refractivity contribution in [1.82, 2.24) is 9.80 Å². The lowest BCUT2D eigenvalue weighted by molar-refractivity contribution is -0.156. The van der Waals surface area contributed by atoms with Gasteiger partial charge in [0, 0.05) is 31.0 Å². The van der Waals surface area contributed by atoms with Gasteiger partial charge in [-0.15, -0.1) is 0 Å². The summed E-state index contributed by atoms with van der Waals surface area (Å²) in [4.78, 5) is 17.1. The number of carbonyl (C=O) groups excluding carboxylic acids is 1. The summed E-state index contributed by atoms with van der Waals surface area (Å²) in [5.41, 5.74) is 0.553. The van der Waals surface area contributed by atoms with Gasteiger partial charge in [0.1, 0.15) is 0 Å². The lowest BCUT2D eigenvalue weighted by Crippen LogP contribution is -2.63. The molecule has 0 radical (unpaired) electrons. The van der Waals surface area contributed by atoms with E-state index in [0.29, 0.717) is 23.3 Å². The van der Waals surface area contributed by atoms with Crippen LogP contribution in [-0.4, -0.2) is 47.9 Å². The van der Waals surface area contributed by atoms with Crippen LogP contribution in [0.25, 0.3) is 0 Å². The molecule has 3 heteroatoms. The van der Waals surface area contributed by atoms with E-state index in [4.69, 9.17) is 0 Å². The number of amides is 1. The van der Waals surface area contributed by atoms with E-state index in [1.165, 1.54) is 45.2 Å². The van der Waals surface area contributed by atoms with Crippen molar-refractivity contribution in [3.05, 3.63) is 0 Å². The minimum atomic E-state index is 0.434. The fourth-order valence-electron chi connectivity index (χ4n) is 4.70. The van der Waals surface area contributed by atoms with E-state index in [1.807, 2.05) is 0 Å². The van der Waals surface area contributed by atoms with Crippen LogP contribution in [0.5, 0.6) is 0 Å². The van der Waals surface area contributed by atoms with Crippen LogP contribution in [0.2, 0.25) is 0 Å². The van der Waals surface area contributed by atoms with Crippen LogP contribution in [0.4, 0.5) is 0 Å². The number of rotatable bonds is 4. The monoisotopic (exact) mass is 292 g/mol. The lowest BCUT2D eigenvalue weighted by atomic mass is 9.57. The standard InChI is InChI=1S/C18H32N2O/c1-4-15-10-18(11-15)12-20(13-18)17(21)9-16-5-7-19(8-6-16)14(2)3/h14-16H,4-13H2,1-3H3. The predicted molar refractivity (Wildman–Crippen MR) is 86.1 cm³/mol. The molecule has 0 aromatic heterocycles. The van der Waals surface area contributed by atoms with Gasteiger partial charge in [-0.25, -0.2) is 0 Å². The summed E-state index contributed by atoms with van der Waals surface area (Å²) in [5.74, 6) is 2.01. The second-order valence-corrected chi connectivity index (χ2v) is 8.21. The molecule has 0 aromatic carbocycles. The van der Waals surface area contributed by atoms with Crippen molar-refractivity contribution in [1.29, 1.82) is 0 Å². The third-order valence-corrected chi connectivity index (χ3v) is 6.27. The van der Waals surface area contributed by atoms with E-state index in [-0.39, 0.29) is 0 Å². The summed E-state index contributed by atoms with van der Waals surface area (Å²) in [6.07, 6.45) is 7.30. The summed E-state index contributed by atoms with van der Waals surface area (Å²) in [5, 5.41) is 0. The van der Waals surface area contributed by atoms with E-state index < -0.39 is 0 Å². The van der Waals surface area contributed by atoms with E-state index in [2.05, 4.69) is 30.6 Å². The maximum atomic E-state index is 12.4. The van der Waals surface area contributed by atoms with Crippen molar-refractivity contribution in [2.45, 2.75) is 65.3 Å². The first kappa shape index (κ1) is 15.3. The van der Waals surface area contributed by atoms with Gasteiger partial charge in [0.25, 0.3) is 0 Å². The summed E-state index contributed by atoms with van der Waals surface area (Å²) < 4.78 is 0. The Morgan fingerprint density at radius 2 is 1.76 bits per heavy atom. The Labute approximate surface area is 130 Å². The van der Waals surface area contributed by atoms with Gasteiger partial charge in [-0.1, -0.05) is 13.3 Å². The molecular formula is C18H32N2O. The third kappa shape index (κ3) is 3.13. The van der Waals surface area contributed by atoms with E-state index in [1.54, 1.807) is 0 Å². The number of likely N-dealkylation sites (tertiary alicyclic amines) is 2. The van der Waals surface area contributed by atoms with Gasteiger partial charge >= 0.3 is 0 Å². The maximum Gasteiger partial charge on any atom is 0.222 e. The fourth-order valence-corrected chi connectivity index (χ4v) is 4.70. The molecule has 2 heterocycles. The van der Waals surface area contributed by atoms with Crippen LogP contribution < -0.4 is 0 Å². The van der Waals surface area contributed by atoms with Crippen LogP contribution in [0, 0.1) is 17.3 Å². The maximum absolute atomic E-state index is 12.4. The molecule has 1 spiro atoms. The Hall–Kier alpha value is -0.570. The van der Waals surface area contributed by atoms with Crippen LogP contribution in [-0.2, 0) is 4.79 Å². The van der Waals surface area contributed by atoms with Gasteiger partial charge in [-0.05, 0) is 64.5 Å². The molecule has 0 atom stereocenters. The normalized spacial score (nSPS) is 27.0. The molecule has 3 rings (SSSR count). The summed E-state index contributed by atoms with van der Waals surface area (Å²) in [6, 6.07) is 0.655. The van der Waals surface area contributed by atoms with Crippen molar-refractivity contribution < 1.29 is 4.79 Å². The van der Waals surface area contributed by atoms with Crippen LogP contribution >= 0.6 is 0 Å². The van der Waals surface area contributed by atoms with Crippen molar-refractivity contribution in [2.24, 2.45) is 17.3 Å². The summed E-state index contributed by atoms with van der Waals surface area (Å²) >= 11 is 0. The predicted octanol–water partition coefficient (Wildman–Crippen LogP) is 3.15. The topological polar surface area (TPSA) is 23.6 Å². The Kier molecular flexibility index (Phi) is 4.31. The Morgan fingerprint density at radius 3 is 2.29 bits per heavy atom. The SMILES string of the molecule is CCC1CC2(C1)CN(C(=O)CC1CCN(C(C)C)CC1)C2. The molecule has 0 unspecified atom stereocenters. The van der Waals surface area contributed by atoms with Gasteiger partial charge in [0.05, 0.1) is 0 Å². The van der Waals surface area contributed by atoms with Crippen molar-refractivity contribution >= 4 is 5.91 Å². The van der Waals surface area contributed by atoms with Gasteiger partial charge in [-0.3, -0.25) is 4.79 Å². The number of piperidine rings is 1. The molecule has 3 fully saturated rings. The fraction of sp³-hybridized carbons (Fsp3) is 0.944. The molecule has 2 saturated heterocycles. The van der Waals surface area contributed by atoms with Gasteiger partial charge in [0.15, 0.2) is 0 Å². The molecule has 21 heavy (non-hydrogen) atoms. The van der Waals surface area contributed by atoms with Gasteiger partial charge in [0.2, 0.25) is 5.91 Å². The van der Waals surface area contributed by atoms with Crippen molar-refractivity contribution in [3.8, 4) is 0 Å². The molecule has 1 amide bonds. The molecule has 0 bridgehead atoms. The Bertz CT molecular complexity index is 371. The highest BCUT2D eigenvalue weighted by atomic mass is 16.2. The molecule has 2 aliphatic heterocycles. The first-order valence-corrected chi connectivity index (χ1v) is 9.03. The molecule has 120 valence electrons. The van der Waals surface area contributed by atoms with Crippen molar-refractivity contribution in [2.75, 3.05) is 26.2 Å². The van der Waals surface area contributed by atoms with Crippen molar-refractivity contribution in [3.63, 3.8) is 0 Å². The van der Waals surface area contributed by atoms with Crippen LogP contribution in [0.3, 0.4) is 0 Å². The second kappa shape index (κ2) is 5.91. The molecular weight excluding hydrogens is 260 g/mol. The van der Waals surface area contributed by atoms with E-state index in [9.17, 15) is 4.79 Å². The number of hydrogen-bond donors (Lipinski definition) is 0. The average Bonchev–Trinajstić information content (AvgIpc) is 2.36. The minimum Gasteiger partial charge on any atom is -0.341 e. The zero-order valence-corrected chi connectivity index (χ0v) is 14.1. The smallest absolute Gasteiger partial charge is 0.222 e. The highest BCUT2D eigenvalue weighted by Crippen LogP contribution is 2.53. The molecule has 3 nitrogen and oxygen atoms in total. The van der Waals surface area contributed by atoms with E-state index in [0.717, 1.165) is 25.4 Å². The molecule has 1 saturated carbocycles. The third-order valence-electron chi connectivity index (χ3n) is 6.27. The zero-order valence-electron chi connectivity index (χ0n) is 14.1. The largest absolute Gasteiger partial charge is 0.341 e. The Balaban J connectivity index is 1.37. The zero-order chi connectivity index (χ0) is 15.0. The van der Waals surface area contributed by atoms with E-state index >= 15 is 0 Å². The number of nitrogens with zero attached hydrogens (tertiary/aromatic N) is 2. The highest BCUT2D eigenvalue weighted by molar-refractivity contribution is 5.77. The second-order valence-electron chi connectivity index (χ2n) is 8.21. The molecule has 3 aliphatic rings. The van der Waals surface area contributed by atoms with Gasteiger partial charge in [-0.2, -0.15) is 0 Å². The average molecular weight is 292 g/mol. The highest BCUT2D eigenvalue weighted by Gasteiger charge is 2.52. The van der Waals surface area contributed by atoms with Crippen LogP contribution in [0.1, 0.15) is 59.3 Å². The minimum absolute atomic E-state index is 0.434. The molecule has 1 aliphatic carbocycles. The lowest BCUT2D eigenvalue weighted by Gasteiger charge is -2.59. The number of carbonyl (C=O) groups is 1. The first-order chi connectivity index (χ1) is 10.0. The Morgan fingerprint density at radius 1 is 1.14 bits per heavy atom. The molecule has 0 N–H and O–H groups in total. The van der Waals surface area contributed by atoms with Gasteiger partial charge < -0.3 is 9.80 Å². The summed E-state index contributed by atoms with van der Waals surface area (Å²) in [6.45, 7) is 11.3. The summed E-state index contributed by atoms with van der Waals surface area (Å²) in [7, 11) is 0.